The van der Waals surface area contributed by atoms with Gasteiger partial charge in [-0.2, -0.15) is 0 Å². The Labute approximate surface area is 132 Å². The van der Waals surface area contributed by atoms with Crippen LogP contribution in [0.4, 0.5) is 0 Å². The Bertz CT molecular complexity index is 402. The largest absolute Gasteiger partial charge is 0.500 e. The second kappa shape index (κ2) is 9.04. The molecule has 0 bridgehead atoms. The number of carbonyl (C=O) groups is 2. The first-order valence-corrected chi connectivity index (χ1v) is 9.23. The SMILES string of the molecule is CO[Si](CCCNC(=O)C1CC=CCC1C(=O)O)(OC)OC. The van der Waals surface area contributed by atoms with Crippen molar-refractivity contribution in [2.24, 2.45) is 11.8 Å². The van der Waals surface area contributed by atoms with Crippen LogP contribution in [-0.4, -0.2) is 53.7 Å². The van der Waals surface area contributed by atoms with Crippen molar-refractivity contribution in [3.05, 3.63) is 12.2 Å². The van der Waals surface area contributed by atoms with Gasteiger partial charge in [0, 0.05) is 33.9 Å². The standard InChI is InChI=1S/C14H25NO6Si/c1-19-22(20-2,21-3)10-6-9-15-13(16)11-7-4-5-8-12(11)14(17)18/h4-5,11-12H,6-10H2,1-3H3,(H,15,16)(H,17,18). The zero-order chi connectivity index (χ0) is 16.6. The molecule has 1 rings (SSSR count). The highest BCUT2D eigenvalue weighted by Crippen LogP contribution is 2.26. The Morgan fingerprint density at radius 3 is 2.18 bits per heavy atom. The zero-order valence-electron chi connectivity index (χ0n) is 13.3. The maximum Gasteiger partial charge on any atom is 0.500 e. The van der Waals surface area contributed by atoms with Gasteiger partial charge in [-0.15, -0.1) is 0 Å². The van der Waals surface area contributed by atoms with E-state index in [1.807, 2.05) is 12.2 Å². The fraction of sp³-hybridized carbons (Fsp3) is 0.714. The van der Waals surface area contributed by atoms with Gasteiger partial charge >= 0.3 is 14.8 Å². The number of carboxylic acids is 1. The molecule has 0 aromatic carbocycles. The molecule has 0 aliphatic heterocycles. The molecule has 1 aliphatic rings. The van der Waals surface area contributed by atoms with Gasteiger partial charge in [-0.05, 0) is 19.3 Å². The number of allylic oxidation sites excluding steroid dienone is 2. The average molecular weight is 331 g/mol. The first-order valence-electron chi connectivity index (χ1n) is 7.30. The first-order chi connectivity index (χ1) is 10.5. The number of hydrogen-bond acceptors (Lipinski definition) is 5. The Balaban J connectivity index is 2.42. The van der Waals surface area contributed by atoms with E-state index in [0.29, 0.717) is 31.9 Å². The molecule has 126 valence electrons. The number of aliphatic carboxylic acids is 1. The summed E-state index contributed by atoms with van der Waals surface area (Å²) in [6, 6.07) is 0.587. The van der Waals surface area contributed by atoms with E-state index in [1.165, 1.54) is 0 Å². The summed E-state index contributed by atoms with van der Waals surface area (Å²) < 4.78 is 15.9. The van der Waals surface area contributed by atoms with E-state index in [-0.39, 0.29) is 5.91 Å². The summed E-state index contributed by atoms with van der Waals surface area (Å²) in [7, 11) is 2.02. The minimum absolute atomic E-state index is 0.212. The molecular formula is C14H25NO6Si. The molecule has 0 saturated heterocycles. The third-order valence-electron chi connectivity index (χ3n) is 3.98. The predicted molar refractivity (Wildman–Crippen MR) is 82.2 cm³/mol. The molecule has 2 atom stereocenters. The minimum atomic E-state index is -2.62. The van der Waals surface area contributed by atoms with Crippen LogP contribution < -0.4 is 5.32 Å². The lowest BCUT2D eigenvalue weighted by atomic mass is 9.82. The van der Waals surface area contributed by atoms with Crippen molar-refractivity contribution in [3.8, 4) is 0 Å². The lowest BCUT2D eigenvalue weighted by Gasteiger charge is -2.25. The highest BCUT2D eigenvalue weighted by Gasteiger charge is 2.37. The molecule has 0 spiro atoms. The van der Waals surface area contributed by atoms with Gasteiger partial charge in [0.25, 0.3) is 0 Å². The highest BCUT2D eigenvalue weighted by molar-refractivity contribution is 6.60. The summed E-state index contributed by atoms with van der Waals surface area (Å²) >= 11 is 0. The van der Waals surface area contributed by atoms with Gasteiger partial charge in [-0.25, -0.2) is 0 Å². The van der Waals surface area contributed by atoms with Crippen molar-refractivity contribution in [3.63, 3.8) is 0 Å². The Kier molecular flexibility index (Phi) is 7.73. The number of nitrogens with one attached hydrogen (secondary N) is 1. The third kappa shape index (κ3) is 4.91. The van der Waals surface area contributed by atoms with E-state index in [9.17, 15) is 14.7 Å². The van der Waals surface area contributed by atoms with Crippen molar-refractivity contribution in [1.29, 1.82) is 0 Å². The minimum Gasteiger partial charge on any atom is -0.481 e. The molecule has 8 heteroatoms. The van der Waals surface area contributed by atoms with Gasteiger partial charge in [0.1, 0.15) is 0 Å². The van der Waals surface area contributed by atoms with E-state index in [0.717, 1.165) is 0 Å². The van der Waals surface area contributed by atoms with Crippen LogP contribution in [0.5, 0.6) is 0 Å². The Morgan fingerprint density at radius 1 is 1.14 bits per heavy atom. The summed E-state index contributed by atoms with van der Waals surface area (Å²) in [5.41, 5.74) is 0. The molecule has 0 saturated carbocycles. The lowest BCUT2D eigenvalue weighted by Crippen LogP contribution is -2.44. The number of hydrogen-bond donors (Lipinski definition) is 2. The molecule has 22 heavy (non-hydrogen) atoms. The van der Waals surface area contributed by atoms with Gasteiger partial charge in [-0.1, -0.05) is 12.2 Å². The van der Waals surface area contributed by atoms with Crippen molar-refractivity contribution < 1.29 is 28.0 Å². The van der Waals surface area contributed by atoms with Gasteiger partial charge in [0.15, 0.2) is 0 Å². The fourth-order valence-electron chi connectivity index (χ4n) is 2.58. The predicted octanol–water partition coefficient (Wildman–Crippen LogP) is 1.04. The number of carboxylic acid groups (broad SMARTS) is 1. The molecule has 2 unspecified atom stereocenters. The van der Waals surface area contributed by atoms with Crippen molar-refractivity contribution in [2.75, 3.05) is 27.9 Å². The second-order valence-electron chi connectivity index (χ2n) is 5.18. The van der Waals surface area contributed by atoms with Gasteiger partial charge in [0.2, 0.25) is 5.91 Å². The lowest BCUT2D eigenvalue weighted by molar-refractivity contribution is -0.147. The van der Waals surface area contributed by atoms with Gasteiger partial charge in [-0.3, -0.25) is 9.59 Å². The first kappa shape index (κ1) is 18.8. The summed E-state index contributed by atoms with van der Waals surface area (Å²) in [5.74, 6) is -2.28. The fourth-order valence-corrected chi connectivity index (χ4v) is 4.30. The van der Waals surface area contributed by atoms with Crippen LogP contribution in [0.1, 0.15) is 19.3 Å². The van der Waals surface area contributed by atoms with Crippen molar-refractivity contribution in [2.45, 2.75) is 25.3 Å². The number of amides is 1. The summed E-state index contributed by atoms with van der Waals surface area (Å²) in [4.78, 5) is 23.3. The van der Waals surface area contributed by atoms with Crippen molar-refractivity contribution in [1.82, 2.24) is 5.32 Å². The molecule has 1 aliphatic carbocycles. The van der Waals surface area contributed by atoms with Crippen LogP contribution >= 0.6 is 0 Å². The second-order valence-corrected chi connectivity index (χ2v) is 8.27. The van der Waals surface area contributed by atoms with E-state index in [2.05, 4.69) is 5.32 Å². The normalized spacial score (nSPS) is 21.6. The molecule has 0 heterocycles. The van der Waals surface area contributed by atoms with Crippen LogP contribution in [0, 0.1) is 11.8 Å². The topological polar surface area (TPSA) is 94.1 Å². The van der Waals surface area contributed by atoms with Crippen molar-refractivity contribution >= 4 is 20.7 Å². The summed E-state index contributed by atoms with van der Waals surface area (Å²) in [6.45, 7) is 0.441. The molecule has 7 nitrogen and oxygen atoms in total. The van der Waals surface area contributed by atoms with Crippen LogP contribution in [-0.2, 0) is 22.9 Å². The average Bonchev–Trinajstić information content (AvgIpc) is 2.55. The molecule has 2 N–H and O–H groups in total. The zero-order valence-corrected chi connectivity index (χ0v) is 14.3. The summed E-state index contributed by atoms with van der Waals surface area (Å²) in [5, 5.41) is 12.0. The molecular weight excluding hydrogens is 306 g/mol. The molecule has 0 fully saturated rings. The molecule has 0 aromatic rings. The quantitative estimate of drug-likeness (QED) is 0.372. The van der Waals surface area contributed by atoms with Gasteiger partial charge in [0.05, 0.1) is 11.8 Å². The Hall–Kier alpha value is -1.22. The molecule has 0 aromatic heterocycles. The molecule has 1 amide bonds. The number of carbonyl (C=O) groups excluding carboxylic acids is 1. The monoisotopic (exact) mass is 331 g/mol. The Morgan fingerprint density at radius 2 is 1.68 bits per heavy atom. The van der Waals surface area contributed by atoms with Gasteiger partial charge < -0.3 is 23.7 Å². The van der Waals surface area contributed by atoms with Crippen LogP contribution in [0.3, 0.4) is 0 Å². The number of rotatable bonds is 9. The third-order valence-corrected chi connectivity index (χ3v) is 6.81. The molecule has 0 radical (unpaired) electrons. The van der Waals surface area contributed by atoms with Crippen LogP contribution in [0.25, 0.3) is 0 Å². The van der Waals surface area contributed by atoms with E-state index in [1.54, 1.807) is 21.3 Å². The van der Waals surface area contributed by atoms with Crippen LogP contribution in [0.2, 0.25) is 6.04 Å². The van der Waals surface area contributed by atoms with E-state index in [4.69, 9.17) is 13.3 Å². The smallest absolute Gasteiger partial charge is 0.481 e. The van der Waals surface area contributed by atoms with E-state index >= 15 is 0 Å². The van der Waals surface area contributed by atoms with Crippen LogP contribution in [0.15, 0.2) is 12.2 Å². The maximum atomic E-state index is 12.2. The maximum absolute atomic E-state index is 12.2. The highest BCUT2D eigenvalue weighted by atomic mass is 28.4. The van der Waals surface area contributed by atoms with E-state index < -0.39 is 26.6 Å². The summed E-state index contributed by atoms with van der Waals surface area (Å²) in [6.07, 6.45) is 5.20.